The number of anilines is 2. The van der Waals surface area contributed by atoms with Crippen LogP contribution >= 0.6 is 11.3 Å². The van der Waals surface area contributed by atoms with Gasteiger partial charge in [0.1, 0.15) is 10.8 Å². The summed E-state index contributed by atoms with van der Waals surface area (Å²) in [5.41, 5.74) is 11.5. The SMILES string of the molecule is CC(Nc1ncc(N)cc1C(N)=O)c1nccs1. The standard InChI is InChI=1S/C11H13N5OS/c1-6(11-14-2-3-18-11)16-10-8(9(13)17)4-7(12)5-15-10/h2-6H,12H2,1H3,(H2,13,17)(H,15,16). The van der Waals surface area contributed by atoms with E-state index in [1.165, 1.54) is 23.6 Å². The fraction of sp³-hybridized carbons (Fsp3) is 0.182. The molecule has 94 valence electrons. The van der Waals surface area contributed by atoms with Crippen molar-refractivity contribution in [2.75, 3.05) is 11.1 Å². The second-order valence-electron chi connectivity index (χ2n) is 3.77. The molecule has 0 fully saturated rings. The van der Waals surface area contributed by atoms with Crippen molar-refractivity contribution in [3.63, 3.8) is 0 Å². The second kappa shape index (κ2) is 5.01. The Morgan fingerprint density at radius 3 is 2.89 bits per heavy atom. The first-order valence-corrected chi connectivity index (χ1v) is 6.17. The minimum atomic E-state index is -0.566. The molecule has 0 saturated carbocycles. The molecule has 0 saturated heterocycles. The normalized spacial score (nSPS) is 12.1. The van der Waals surface area contributed by atoms with Crippen LogP contribution in [-0.4, -0.2) is 15.9 Å². The number of thiazole rings is 1. The molecular formula is C11H13N5OS. The van der Waals surface area contributed by atoms with Gasteiger partial charge in [0.2, 0.25) is 0 Å². The van der Waals surface area contributed by atoms with Crippen LogP contribution < -0.4 is 16.8 Å². The molecule has 0 radical (unpaired) electrons. The third kappa shape index (κ3) is 2.57. The van der Waals surface area contributed by atoms with Crippen molar-refractivity contribution in [2.24, 2.45) is 5.73 Å². The number of primary amides is 1. The Labute approximate surface area is 108 Å². The fourth-order valence-corrected chi connectivity index (χ4v) is 2.14. The van der Waals surface area contributed by atoms with E-state index in [0.717, 1.165) is 5.01 Å². The molecule has 7 heteroatoms. The average Bonchev–Trinajstić information content (AvgIpc) is 2.84. The smallest absolute Gasteiger partial charge is 0.252 e. The number of rotatable bonds is 4. The van der Waals surface area contributed by atoms with E-state index in [2.05, 4.69) is 15.3 Å². The number of pyridine rings is 1. The molecule has 0 spiro atoms. The molecule has 2 aromatic rings. The number of carbonyl (C=O) groups excluding carboxylic acids is 1. The molecular weight excluding hydrogens is 250 g/mol. The molecule has 0 bridgehead atoms. The Bertz CT molecular complexity index is 555. The summed E-state index contributed by atoms with van der Waals surface area (Å²) in [6.45, 7) is 1.93. The van der Waals surface area contributed by atoms with Crippen LogP contribution in [0.4, 0.5) is 11.5 Å². The summed E-state index contributed by atoms with van der Waals surface area (Å²) in [5, 5.41) is 5.90. The Hall–Kier alpha value is -2.15. The Kier molecular flexibility index (Phi) is 3.42. The van der Waals surface area contributed by atoms with Gasteiger partial charge in [0.15, 0.2) is 0 Å². The highest BCUT2D eigenvalue weighted by molar-refractivity contribution is 7.09. The molecule has 2 heterocycles. The van der Waals surface area contributed by atoms with Gasteiger partial charge in [-0.2, -0.15) is 0 Å². The van der Waals surface area contributed by atoms with Crippen LogP contribution in [0.1, 0.15) is 28.3 Å². The van der Waals surface area contributed by atoms with E-state index < -0.39 is 5.91 Å². The van der Waals surface area contributed by atoms with Crippen LogP contribution in [0.15, 0.2) is 23.8 Å². The van der Waals surface area contributed by atoms with Gasteiger partial charge in [0, 0.05) is 11.6 Å². The van der Waals surface area contributed by atoms with Crippen molar-refractivity contribution >= 4 is 28.7 Å². The van der Waals surface area contributed by atoms with Crippen LogP contribution in [0.25, 0.3) is 0 Å². The monoisotopic (exact) mass is 263 g/mol. The topological polar surface area (TPSA) is 107 Å². The molecule has 2 aromatic heterocycles. The fourth-order valence-electron chi connectivity index (χ4n) is 1.50. The van der Waals surface area contributed by atoms with Gasteiger partial charge >= 0.3 is 0 Å². The van der Waals surface area contributed by atoms with Gasteiger partial charge < -0.3 is 16.8 Å². The lowest BCUT2D eigenvalue weighted by Crippen LogP contribution is -2.17. The lowest BCUT2D eigenvalue weighted by atomic mass is 10.2. The highest BCUT2D eigenvalue weighted by Crippen LogP contribution is 2.22. The van der Waals surface area contributed by atoms with Gasteiger partial charge in [-0.25, -0.2) is 9.97 Å². The van der Waals surface area contributed by atoms with E-state index in [4.69, 9.17) is 11.5 Å². The van der Waals surface area contributed by atoms with Crippen LogP contribution in [0.5, 0.6) is 0 Å². The number of hydrogen-bond acceptors (Lipinski definition) is 6. The molecule has 0 aliphatic rings. The van der Waals surface area contributed by atoms with E-state index in [1.54, 1.807) is 6.20 Å². The number of nitrogens with zero attached hydrogens (tertiary/aromatic N) is 2. The largest absolute Gasteiger partial charge is 0.397 e. The lowest BCUT2D eigenvalue weighted by molar-refractivity contribution is 0.100. The number of nitrogen functional groups attached to an aromatic ring is 1. The van der Waals surface area contributed by atoms with Crippen LogP contribution in [0.2, 0.25) is 0 Å². The molecule has 0 aliphatic carbocycles. The maximum Gasteiger partial charge on any atom is 0.252 e. The zero-order valence-electron chi connectivity index (χ0n) is 9.75. The van der Waals surface area contributed by atoms with Crippen molar-refractivity contribution < 1.29 is 4.79 Å². The van der Waals surface area contributed by atoms with Gasteiger partial charge in [0.25, 0.3) is 5.91 Å². The Morgan fingerprint density at radius 1 is 1.50 bits per heavy atom. The first-order chi connectivity index (χ1) is 8.58. The van der Waals surface area contributed by atoms with Crippen molar-refractivity contribution in [3.8, 4) is 0 Å². The molecule has 18 heavy (non-hydrogen) atoms. The summed E-state index contributed by atoms with van der Waals surface area (Å²) in [4.78, 5) is 19.6. The summed E-state index contributed by atoms with van der Waals surface area (Å²) in [7, 11) is 0. The van der Waals surface area contributed by atoms with Gasteiger partial charge in [-0.05, 0) is 13.0 Å². The third-order valence-corrected chi connectivity index (χ3v) is 3.31. The molecule has 0 aromatic carbocycles. The minimum Gasteiger partial charge on any atom is -0.397 e. The van der Waals surface area contributed by atoms with Crippen molar-refractivity contribution in [2.45, 2.75) is 13.0 Å². The molecule has 2 rings (SSSR count). The molecule has 1 unspecified atom stereocenters. The first-order valence-electron chi connectivity index (χ1n) is 5.29. The molecule has 1 amide bonds. The summed E-state index contributed by atoms with van der Waals surface area (Å²) in [6.07, 6.45) is 3.20. The molecule has 6 nitrogen and oxygen atoms in total. The lowest BCUT2D eigenvalue weighted by Gasteiger charge is -2.14. The average molecular weight is 263 g/mol. The Balaban J connectivity index is 2.26. The van der Waals surface area contributed by atoms with E-state index >= 15 is 0 Å². The van der Waals surface area contributed by atoms with Crippen LogP contribution in [0.3, 0.4) is 0 Å². The van der Waals surface area contributed by atoms with Gasteiger partial charge in [0.05, 0.1) is 23.5 Å². The quantitative estimate of drug-likeness (QED) is 0.772. The van der Waals surface area contributed by atoms with E-state index in [-0.39, 0.29) is 11.6 Å². The zero-order chi connectivity index (χ0) is 13.1. The van der Waals surface area contributed by atoms with Crippen molar-refractivity contribution in [1.29, 1.82) is 0 Å². The number of carbonyl (C=O) groups is 1. The summed E-state index contributed by atoms with van der Waals surface area (Å²) in [5.74, 6) is -0.150. The third-order valence-electron chi connectivity index (χ3n) is 2.35. The predicted octanol–water partition coefficient (Wildman–Crippen LogP) is 1.39. The molecule has 0 aliphatic heterocycles. The maximum atomic E-state index is 11.3. The first kappa shape index (κ1) is 12.3. The summed E-state index contributed by atoms with van der Waals surface area (Å²) in [6, 6.07) is 1.45. The van der Waals surface area contributed by atoms with Crippen LogP contribution in [-0.2, 0) is 0 Å². The minimum absolute atomic E-state index is 0.0563. The second-order valence-corrected chi connectivity index (χ2v) is 4.69. The molecule has 1 atom stereocenters. The molecule has 5 N–H and O–H groups in total. The highest BCUT2D eigenvalue weighted by atomic mass is 32.1. The van der Waals surface area contributed by atoms with Gasteiger partial charge in [-0.3, -0.25) is 4.79 Å². The summed E-state index contributed by atoms with van der Waals surface area (Å²) < 4.78 is 0. The van der Waals surface area contributed by atoms with Crippen molar-refractivity contribution in [1.82, 2.24) is 9.97 Å². The van der Waals surface area contributed by atoms with E-state index in [9.17, 15) is 4.79 Å². The van der Waals surface area contributed by atoms with Gasteiger partial charge in [-0.1, -0.05) is 0 Å². The number of nitrogens with one attached hydrogen (secondary N) is 1. The van der Waals surface area contributed by atoms with E-state index in [0.29, 0.717) is 11.5 Å². The number of hydrogen-bond donors (Lipinski definition) is 3. The zero-order valence-corrected chi connectivity index (χ0v) is 10.6. The number of aromatic nitrogens is 2. The predicted molar refractivity (Wildman–Crippen MR) is 71.3 cm³/mol. The van der Waals surface area contributed by atoms with Crippen molar-refractivity contribution in [3.05, 3.63) is 34.4 Å². The van der Waals surface area contributed by atoms with Crippen LogP contribution in [0, 0.1) is 0 Å². The highest BCUT2D eigenvalue weighted by Gasteiger charge is 2.14. The van der Waals surface area contributed by atoms with E-state index in [1.807, 2.05) is 12.3 Å². The number of amides is 1. The maximum absolute atomic E-state index is 11.3. The number of nitrogens with two attached hydrogens (primary N) is 2. The Morgan fingerprint density at radius 2 is 2.28 bits per heavy atom. The van der Waals surface area contributed by atoms with Gasteiger partial charge in [-0.15, -0.1) is 11.3 Å². The summed E-state index contributed by atoms with van der Waals surface area (Å²) >= 11 is 1.53.